The lowest BCUT2D eigenvalue weighted by molar-refractivity contribution is 0.518. The van der Waals surface area contributed by atoms with Gasteiger partial charge in [-0.2, -0.15) is 0 Å². The minimum atomic E-state index is -2.33. The molecule has 3 heterocycles. The summed E-state index contributed by atoms with van der Waals surface area (Å²) in [6.45, 7) is 2.17. The van der Waals surface area contributed by atoms with Crippen molar-refractivity contribution in [1.82, 2.24) is 4.98 Å². The van der Waals surface area contributed by atoms with Crippen molar-refractivity contribution >= 4 is 38.8 Å². The maximum atomic E-state index is 8.49. The summed E-state index contributed by atoms with van der Waals surface area (Å²) in [5, 5.41) is 3.51. The van der Waals surface area contributed by atoms with E-state index in [0.717, 1.165) is 10.5 Å². The first-order chi connectivity index (χ1) is 14.5. The van der Waals surface area contributed by atoms with Gasteiger partial charge in [0.1, 0.15) is 10.9 Å². The largest absolute Gasteiger partial charge is 0.467 e. The number of thiophene rings is 1. The van der Waals surface area contributed by atoms with Crippen LogP contribution in [-0.4, -0.2) is 11.0 Å². The number of fused-ring (bicyclic) bond motifs is 1. The highest BCUT2D eigenvalue weighted by atomic mass is 35.5. The fraction of sp³-hybridized carbons (Fsp3) is 0.316. The summed E-state index contributed by atoms with van der Waals surface area (Å²) >= 11 is 7.48. The van der Waals surface area contributed by atoms with Crippen LogP contribution < -0.4 is 11.1 Å². The van der Waals surface area contributed by atoms with E-state index in [0.29, 0.717) is 28.2 Å². The summed E-state index contributed by atoms with van der Waals surface area (Å²) in [4.78, 5) is 4.89. The minimum absolute atomic E-state index is 0.252. The zero-order valence-corrected chi connectivity index (χ0v) is 15.0. The molecular weight excluding hydrogens is 354 g/mol. The molecule has 0 aliphatic heterocycles. The van der Waals surface area contributed by atoms with Crippen molar-refractivity contribution < 1.29 is 12.6 Å². The van der Waals surface area contributed by atoms with Crippen molar-refractivity contribution in [2.24, 2.45) is 5.73 Å². The highest BCUT2D eigenvalue weighted by molar-refractivity contribution is 7.20. The highest BCUT2D eigenvalue weighted by Crippen LogP contribution is 2.42. The summed E-state index contributed by atoms with van der Waals surface area (Å²) in [6.07, 6.45) is -3.06. The van der Waals surface area contributed by atoms with Crippen LogP contribution in [0.2, 0.25) is 5.15 Å². The number of hydrogen-bond donors (Lipinski definition) is 2. The molecule has 3 N–H and O–H groups in total. The van der Waals surface area contributed by atoms with Crippen LogP contribution >= 0.6 is 22.9 Å². The summed E-state index contributed by atoms with van der Waals surface area (Å²) in [5.74, 6) is -0.430. The van der Waals surface area contributed by atoms with E-state index in [1.165, 1.54) is 11.3 Å². The fourth-order valence-electron chi connectivity index (χ4n) is 2.82. The number of nitrogens with one attached hydrogen (secondary N) is 1. The molecule has 4 rings (SSSR count). The van der Waals surface area contributed by atoms with E-state index in [4.69, 9.17) is 30.0 Å². The van der Waals surface area contributed by atoms with Crippen LogP contribution in [0, 0.1) is 6.92 Å². The molecule has 1 aliphatic carbocycles. The van der Waals surface area contributed by atoms with Gasteiger partial charge in [0.2, 0.25) is 0 Å². The van der Waals surface area contributed by atoms with Gasteiger partial charge in [0.05, 0.1) is 31.5 Å². The van der Waals surface area contributed by atoms with Crippen LogP contribution in [0.4, 0.5) is 5.69 Å². The number of halogens is 1. The smallest absolute Gasteiger partial charge is 0.131 e. The van der Waals surface area contributed by atoms with Gasteiger partial charge in [0.15, 0.2) is 0 Å². The van der Waals surface area contributed by atoms with Crippen molar-refractivity contribution in [2.45, 2.75) is 38.2 Å². The van der Waals surface area contributed by atoms with Gasteiger partial charge in [0.25, 0.3) is 0 Å². The van der Waals surface area contributed by atoms with Crippen LogP contribution in [-0.2, 0) is 6.54 Å². The summed E-state index contributed by atoms with van der Waals surface area (Å²) in [6, 6.07) is 2.53. The Bertz CT molecular complexity index is 1180. The Kier molecular flexibility index (Phi) is 3.01. The van der Waals surface area contributed by atoms with Crippen LogP contribution in [0.1, 0.15) is 43.1 Å². The Morgan fingerprint density at radius 1 is 1.52 bits per heavy atom. The molecule has 0 unspecified atom stereocenters. The average molecular weight is 380 g/mol. The zero-order valence-electron chi connectivity index (χ0n) is 19.4. The Hall–Kier alpha value is -1.82. The molecule has 1 aliphatic rings. The number of nitrogens with two attached hydrogens (primary N) is 1. The van der Waals surface area contributed by atoms with Gasteiger partial charge in [-0.05, 0) is 37.4 Å². The van der Waals surface area contributed by atoms with Crippen molar-refractivity contribution in [3.8, 4) is 0 Å². The monoisotopic (exact) mass is 379 g/mol. The summed E-state index contributed by atoms with van der Waals surface area (Å²) < 4.78 is 55.5. The van der Waals surface area contributed by atoms with Gasteiger partial charge >= 0.3 is 0 Å². The van der Waals surface area contributed by atoms with E-state index in [9.17, 15) is 0 Å². The second kappa shape index (κ2) is 6.83. The summed E-state index contributed by atoms with van der Waals surface area (Å²) in [5.41, 5.74) is 8.05. The fourth-order valence-corrected chi connectivity index (χ4v) is 4.35. The van der Waals surface area contributed by atoms with E-state index in [2.05, 4.69) is 10.3 Å². The van der Waals surface area contributed by atoms with E-state index in [-0.39, 0.29) is 5.15 Å². The standard InChI is InChI=1S/C19H20ClN3OS/c1-11-17-19(25-18(11)13-6-2-3-7-14(13)21)15(9-16(20)23-17)22-10-12-5-4-8-24-12/h2-5,8-9,13-14H,6-7,10,21H2,1H3,(H,22,23)/t13-,14-/m0/s1/i2D,3D,6D2,7D2. The third-order valence-corrected chi connectivity index (χ3v) is 5.67. The Labute approximate surface area is 164 Å². The van der Waals surface area contributed by atoms with Crippen LogP contribution in [0.25, 0.3) is 10.2 Å². The zero-order chi connectivity index (χ0) is 22.7. The molecule has 25 heavy (non-hydrogen) atoms. The molecule has 0 aromatic carbocycles. The Morgan fingerprint density at radius 3 is 3.16 bits per heavy atom. The quantitative estimate of drug-likeness (QED) is 0.481. The van der Waals surface area contributed by atoms with Gasteiger partial charge in [-0.3, -0.25) is 0 Å². The maximum Gasteiger partial charge on any atom is 0.131 e. The first-order valence-corrected chi connectivity index (χ1v) is 8.95. The van der Waals surface area contributed by atoms with Crippen LogP contribution in [0.15, 0.2) is 41.0 Å². The molecule has 0 saturated heterocycles. The SMILES string of the molecule is [2H]C1=C([2H])C([2H])([2H])[C@H](c2sc3c(NCc4ccco4)cc(Cl)nc3c2C)[C@@H](N)C1([2H])[2H]. The molecule has 130 valence electrons. The van der Waals surface area contributed by atoms with Gasteiger partial charge < -0.3 is 15.5 Å². The predicted octanol–water partition coefficient (Wildman–Crippen LogP) is 5.22. The molecule has 4 nitrogen and oxygen atoms in total. The van der Waals surface area contributed by atoms with E-state index >= 15 is 0 Å². The number of rotatable bonds is 4. The average Bonchev–Trinajstić information content (AvgIpc) is 3.33. The molecular formula is C19H20ClN3OS. The molecule has 0 bridgehead atoms. The van der Waals surface area contributed by atoms with Crippen molar-refractivity contribution in [1.29, 1.82) is 0 Å². The first-order valence-electron chi connectivity index (χ1n) is 10.8. The molecule has 0 radical (unpaired) electrons. The molecule has 3 aromatic rings. The lowest BCUT2D eigenvalue weighted by atomic mass is 9.87. The van der Waals surface area contributed by atoms with Crippen molar-refractivity contribution in [3.63, 3.8) is 0 Å². The molecule has 0 amide bonds. The van der Waals surface area contributed by atoms with Crippen molar-refractivity contribution in [3.05, 3.63) is 57.9 Å². The number of anilines is 1. The lowest BCUT2D eigenvalue weighted by Crippen LogP contribution is -2.29. The second-order valence-corrected chi connectivity index (χ2v) is 7.18. The Morgan fingerprint density at radius 2 is 2.36 bits per heavy atom. The summed E-state index contributed by atoms with van der Waals surface area (Å²) in [7, 11) is 0. The first kappa shape index (κ1) is 11.0. The topological polar surface area (TPSA) is 64.1 Å². The number of allylic oxidation sites excluding steroid dienone is 1. The molecule has 0 saturated carbocycles. The number of nitrogens with zero attached hydrogens (tertiary/aromatic N) is 1. The van der Waals surface area contributed by atoms with E-state index in [1.54, 1.807) is 25.3 Å². The van der Waals surface area contributed by atoms with Crippen LogP contribution in [0.3, 0.4) is 0 Å². The molecule has 0 fully saturated rings. The minimum Gasteiger partial charge on any atom is -0.467 e. The third-order valence-electron chi connectivity index (χ3n) is 4.08. The lowest BCUT2D eigenvalue weighted by Gasteiger charge is -2.24. The van der Waals surface area contributed by atoms with Crippen molar-refractivity contribution in [2.75, 3.05) is 5.32 Å². The van der Waals surface area contributed by atoms with Gasteiger partial charge in [-0.25, -0.2) is 4.98 Å². The van der Waals surface area contributed by atoms with Gasteiger partial charge in [0, 0.05) is 28.4 Å². The van der Waals surface area contributed by atoms with Gasteiger partial charge in [-0.1, -0.05) is 23.7 Å². The normalized spacial score (nSPS) is 28.6. The van der Waals surface area contributed by atoms with E-state index < -0.39 is 36.8 Å². The van der Waals surface area contributed by atoms with E-state index in [1.807, 2.05) is 6.07 Å². The number of aromatic nitrogens is 1. The maximum absolute atomic E-state index is 8.49. The molecule has 6 heteroatoms. The van der Waals surface area contributed by atoms with Crippen LogP contribution in [0.5, 0.6) is 0 Å². The Balaban J connectivity index is 1.85. The number of pyridine rings is 1. The number of hydrogen-bond acceptors (Lipinski definition) is 5. The number of furan rings is 1. The molecule has 2 atom stereocenters. The third kappa shape index (κ3) is 3.19. The van der Waals surface area contributed by atoms with Gasteiger partial charge in [-0.15, -0.1) is 11.3 Å². The second-order valence-electron chi connectivity index (χ2n) is 5.74. The molecule has 0 spiro atoms. The highest BCUT2D eigenvalue weighted by Gasteiger charge is 2.26. The predicted molar refractivity (Wildman–Crippen MR) is 104 cm³/mol. The number of aryl methyl sites for hydroxylation is 1. The molecule has 3 aromatic heterocycles.